The van der Waals surface area contributed by atoms with Gasteiger partial charge in [-0.2, -0.15) is 13.2 Å². The number of nitrogens with one attached hydrogen (secondary N) is 1. The molecule has 0 aliphatic carbocycles. The Morgan fingerprint density at radius 3 is 2.41 bits per heavy atom. The SMILES string of the molecule is NC(=O)[C@H](C/C=C/c1ccccc1)NC(=O)Cc1cccc(C(F)(F)F)c1. The average molecular weight is 376 g/mol. The van der Waals surface area contributed by atoms with E-state index in [1.807, 2.05) is 30.3 Å². The molecule has 142 valence electrons. The molecule has 2 rings (SSSR count). The van der Waals surface area contributed by atoms with Crippen molar-refractivity contribution in [1.29, 1.82) is 0 Å². The van der Waals surface area contributed by atoms with Crippen molar-refractivity contribution in [2.24, 2.45) is 5.73 Å². The molecule has 0 bridgehead atoms. The molecule has 2 aromatic rings. The molecule has 0 radical (unpaired) electrons. The highest BCUT2D eigenvalue weighted by Crippen LogP contribution is 2.29. The summed E-state index contributed by atoms with van der Waals surface area (Å²) < 4.78 is 38.2. The zero-order chi connectivity index (χ0) is 19.9. The lowest BCUT2D eigenvalue weighted by Crippen LogP contribution is -2.44. The van der Waals surface area contributed by atoms with Gasteiger partial charge in [0.05, 0.1) is 12.0 Å². The average Bonchev–Trinajstić information content (AvgIpc) is 2.61. The summed E-state index contributed by atoms with van der Waals surface area (Å²) in [6, 6.07) is 12.9. The number of carbonyl (C=O) groups excluding carboxylic acids is 2. The second kappa shape index (κ2) is 9.02. The number of carbonyl (C=O) groups is 2. The molecule has 4 nitrogen and oxygen atoms in total. The van der Waals surface area contributed by atoms with Gasteiger partial charge in [-0.05, 0) is 23.6 Å². The highest BCUT2D eigenvalue weighted by molar-refractivity contribution is 5.87. The van der Waals surface area contributed by atoms with Crippen LogP contribution in [0.4, 0.5) is 13.2 Å². The third kappa shape index (κ3) is 6.62. The Labute approximate surface area is 154 Å². The van der Waals surface area contributed by atoms with E-state index in [2.05, 4.69) is 5.32 Å². The van der Waals surface area contributed by atoms with Gasteiger partial charge in [0.1, 0.15) is 6.04 Å². The topological polar surface area (TPSA) is 72.2 Å². The van der Waals surface area contributed by atoms with E-state index in [1.54, 1.807) is 12.2 Å². The van der Waals surface area contributed by atoms with E-state index in [0.717, 1.165) is 17.7 Å². The summed E-state index contributed by atoms with van der Waals surface area (Å²) in [5.41, 5.74) is 5.60. The number of alkyl halides is 3. The lowest BCUT2D eigenvalue weighted by atomic mass is 10.1. The molecule has 1 atom stereocenters. The number of halogens is 3. The van der Waals surface area contributed by atoms with Gasteiger partial charge >= 0.3 is 6.18 Å². The van der Waals surface area contributed by atoms with Crippen molar-refractivity contribution in [1.82, 2.24) is 5.32 Å². The van der Waals surface area contributed by atoms with Crippen LogP contribution in [0.15, 0.2) is 60.7 Å². The van der Waals surface area contributed by atoms with Gasteiger partial charge in [-0.25, -0.2) is 0 Å². The predicted octanol–water partition coefficient (Wildman–Crippen LogP) is 3.32. The van der Waals surface area contributed by atoms with Crippen LogP contribution >= 0.6 is 0 Å². The van der Waals surface area contributed by atoms with Gasteiger partial charge in [-0.3, -0.25) is 9.59 Å². The minimum absolute atomic E-state index is 0.179. The van der Waals surface area contributed by atoms with Crippen molar-refractivity contribution in [3.05, 3.63) is 77.4 Å². The lowest BCUT2D eigenvalue weighted by molar-refractivity contribution is -0.137. The number of hydrogen-bond donors (Lipinski definition) is 2. The number of nitrogens with two attached hydrogens (primary N) is 1. The smallest absolute Gasteiger partial charge is 0.368 e. The maximum absolute atomic E-state index is 12.7. The first-order chi connectivity index (χ1) is 12.8. The van der Waals surface area contributed by atoms with Crippen molar-refractivity contribution >= 4 is 17.9 Å². The number of rotatable bonds is 7. The molecule has 2 amide bonds. The Hall–Kier alpha value is -3.09. The fourth-order valence-corrected chi connectivity index (χ4v) is 2.44. The normalized spacial score (nSPS) is 12.7. The van der Waals surface area contributed by atoms with Crippen LogP contribution < -0.4 is 11.1 Å². The van der Waals surface area contributed by atoms with Gasteiger partial charge in [0.2, 0.25) is 11.8 Å². The summed E-state index contributed by atoms with van der Waals surface area (Å²) in [7, 11) is 0. The van der Waals surface area contributed by atoms with Gasteiger partial charge < -0.3 is 11.1 Å². The van der Waals surface area contributed by atoms with E-state index in [9.17, 15) is 22.8 Å². The van der Waals surface area contributed by atoms with E-state index in [1.165, 1.54) is 12.1 Å². The first-order valence-electron chi connectivity index (χ1n) is 8.22. The third-order valence-electron chi connectivity index (χ3n) is 3.78. The predicted molar refractivity (Wildman–Crippen MR) is 96.4 cm³/mol. The van der Waals surface area contributed by atoms with Gasteiger partial charge in [-0.1, -0.05) is 60.7 Å². The van der Waals surface area contributed by atoms with E-state index < -0.39 is 29.6 Å². The third-order valence-corrected chi connectivity index (χ3v) is 3.78. The Morgan fingerprint density at radius 2 is 1.78 bits per heavy atom. The molecule has 7 heteroatoms. The first-order valence-corrected chi connectivity index (χ1v) is 8.22. The molecule has 0 saturated carbocycles. The van der Waals surface area contributed by atoms with Gasteiger partial charge in [0.25, 0.3) is 0 Å². The summed E-state index contributed by atoms with van der Waals surface area (Å²) >= 11 is 0. The second-order valence-corrected chi connectivity index (χ2v) is 5.95. The minimum Gasteiger partial charge on any atom is -0.368 e. The first kappa shape index (κ1) is 20.2. The van der Waals surface area contributed by atoms with Crippen LogP contribution in [0.5, 0.6) is 0 Å². The zero-order valence-electron chi connectivity index (χ0n) is 14.4. The monoisotopic (exact) mass is 376 g/mol. The van der Waals surface area contributed by atoms with E-state index in [0.29, 0.717) is 0 Å². The fourth-order valence-electron chi connectivity index (χ4n) is 2.44. The molecule has 0 aromatic heterocycles. The highest BCUT2D eigenvalue weighted by Gasteiger charge is 2.30. The van der Waals surface area contributed by atoms with Crippen LogP contribution in [0.3, 0.4) is 0 Å². The fraction of sp³-hybridized carbons (Fsp3) is 0.200. The van der Waals surface area contributed by atoms with Gasteiger partial charge in [-0.15, -0.1) is 0 Å². The Balaban J connectivity index is 1.97. The molecular formula is C20H19F3N2O2. The van der Waals surface area contributed by atoms with Crippen molar-refractivity contribution in [2.45, 2.75) is 25.1 Å². The Morgan fingerprint density at radius 1 is 1.07 bits per heavy atom. The van der Waals surface area contributed by atoms with Crippen LogP contribution in [0.1, 0.15) is 23.1 Å². The number of primary amides is 1. The number of amides is 2. The quantitative estimate of drug-likeness (QED) is 0.778. The minimum atomic E-state index is -4.48. The van der Waals surface area contributed by atoms with Crippen LogP contribution in [0.2, 0.25) is 0 Å². The van der Waals surface area contributed by atoms with E-state index in [-0.39, 0.29) is 18.4 Å². The van der Waals surface area contributed by atoms with Crippen LogP contribution in [-0.2, 0) is 22.2 Å². The molecule has 0 fully saturated rings. The molecule has 27 heavy (non-hydrogen) atoms. The summed E-state index contributed by atoms with van der Waals surface area (Å²) in [5, 5.41) is 2.46. The zero-order valence-corrected chi connectivity index (χ0v) is 14.4. The lowest BCUT2D eigenvalue weighted by Gasteiger charge is -2.14. The van der Waals surface area contributed by atoms with E-state index in [4.69, 9.17) is 5.73 Å². The Kier molecular flexibility index (Phi) is 6.76. The van der Waals surface area contributed by atoms with Crippen LogP contribution in [0, 0.1) is 0 Å². The maximum atomic E-state index is 12.7. The molecule has 0 spiro atoms. The standard InChI is InChI=1S/C20H19F3N2O2/c21-20(22,23)16-10-4-9-15(12-16)13-18(26)25-17(19(24)27)11-5-8-14-6-2-1-3-7-14/h1-10,12,17H,11,13H2,(H2,24,27)(H,25,26)/b8-5+/t17-/m0/s1. The largest absolute Gasteiger partial charge is 0.416 e. The molecule has 0 saturated heterocycles. The van der Waals surface area contributed by atoms with Crippen molar-refractivity contribution < 1.29 is 22.8 Å². The molecule has 0 aliphatic heterocycles. The van der Waals surface area contributed by atoms with Gasteiger partial charge in [0, 0.05) is 0 Å². The molecule has 0 unspecified atom stereocenters. The van der Waals surface area contributed by atoms with Crippen LogP contribution in [0.25, 0.3) is 6.08 Å². The summed E-state index contributed by atoms with van der Waals surface area (Å²) in [6.45, 7) is 0. The van der Waals surface area contributed by atoms with Crippen LogP contribution in [-0.4, -0.2) is 17.9 Å². The number of hydrogen-bond acceptors (Lipinski definition) is 2. The van der Waals surface area contributed by atoms with Crippen molar-refractivity contribution in [3.8, 4) is 0 Å². The number of benzene rings is 2. The van der Waals surface area contributed by atoms with Gasteiger partial charge in [0.15, 0.2) is 0 Å². The maximum Gasteiger partial charge on any atom is 0.416 e. The van der Waals surface area contributed by atoms with Crippen molar-refractivity contribution in [2.75, 3.05) is 0 Å². The highest BCUT2D eigenvalue weighted by atomic mass is 19.4. The summed E-state index contributed by atoms with van der Waals surface area (Å²) in [6.07, 6.45) is -1.09. The summed E-state index contributed by atoms with van der Waals surface area (Å²) in [4.78, 5) is 23.6. The molecule has 0 aliphatic rings. The van der Waals surface area contributed by atoms with E-state index >= 15 is 0 Å². The Bertz CT molecular complexity index is 817. The molecule has 3 N–H and O–H groups in total. The molecule has 2 aromatic carbocycles. The molecular weight excluding hydrogens is 357 g/mol. The molecule has 0 heterocycles. The van der Waals surface area contributed by atoms with Crippen molar-refractivity contribution in [3.63, 3.8) is 0 Å². The second-order valence-electron chi connectivity index (χ2n) is 5.95. The summed E-state index contributed by atoms with van der Waals surface area (Å²) in [5.74, 6) is -1.30.